The van der Waals surface area contributed by atoms with Crippen LogP contribution < -0.4 is 10.2 Å². The van der Waals surface area contributed by atoms with Crippen LogP contribution in [0.1, 0.15) is 5.56 Å². The minimum absolute atomic E-state index is 0.0235. The number of aromatic nitrogens is 1. The van der Waals surface area contributed by atoms with Gasteiger partial charge in [-0.3, -0.25) is 5.43 Å². The molecule has 0 saturated heterocycles. The molecule has 0 atom stereocenters. The van der Waals surface area contributed by atoms with Gasteiger partial charge in [0, 0.05) is 6.20 Å². The van der Waals surface area contributed by atoms with Gasteiger partial charge in [-0.25, -0.2) is 4.98 Å². The maximum Gasteiger partial charge on any atom is 0.174 e. The lowest BCUT2D eigenvalue weighted by Crippen LogP contribution is -1.95. The average molecular weight is 321 g/mol. The summed E-state index contributed by atoms with van der Waals surface area (Å²) in [7, 11) is 0. The predicted octanol–water partition coefficient (Wildman–Crippen LogP) is 3.74. The molecule has 0 saturated carbocycles. The highest BCUT2D eigenvalue weighted by atomic mass is 35.5. The van der Waals surface area contributed by atoms with E-state index in [2.05, 4.69) is 15.5 Å². The van der Waals surface area contributed by atoms with Crippen molar-refractivity contribution >= 4 is 35.2 Å². The number of benzene rings is 1. The zero-order valence-electron chi connectivity index (χ0n) is 10.8. The Balaban J connectivity index is 1.96. The van der Waals surface area contributed by atoms with Crippen molar-refractivity contribution < 1.29 is 4.74 Å². The maximum absolute atomic E-state index is 8.42. The largest absolute Gasteiger partial charge is 0.479 e. The van der Waals surface area contributed by atoms with Crippen molar-refractivity contribution in [2.75, 3.05) is 12.0 Å². The van der Waals surface area contributed by atoms with Crippen molar-refractivity contribution in [2.45, 2.75) is 0 Å². The highest BCUT2D eigenvalue weighted by Crippen LogP contribution is 2.22. The van der Waals surface area contributed by atoms with Crippen LogP contribution in [0.3, 0.4) is 0 Å². The number of nitriles is 1. The van der Waals surface area contributed by atoms with E-state index < -0.39 is 0 Å². The minimum atomic E-state index is 0.0235. The van der Waals surface area contributed by atoms with Crippen LogP contribution in [0.4, 0.5) is 5.82 Å². The predicted molar refractivity (Wildman–Crippen MR) is 83.0 cm³/mol. The third-order valence-corrected chi connectivity index (χ3v) is 2.87. The molecular weight excluding hydrogens is 311 g/mol. The Hall–Kier alpha value is -2.29. The molecular formula is C14H10Cl2N4O. The highest BCUT2D eigenvalue weighted by Gasteiger charge is 2.00. The summed E-state index contributed by atoms with van der Waals surface area (Å²) in [6.07, 6.45) is 3.09. The van der Waals surface area contributed by atoms with Gasteiger partial charge in [0.2, 0.25) is 0 Å². The molecule has 0 amide bonds. The molecule has 106 valence electrons. The second-order valence-electron chi connectivity index (χ2n) is 3.87. The summed E-state index contributed by atoms with van der Waals surface area (Å²) >= 11 is 11.7. The number of ether oxygens (including phenoxy) is 1. The van der Waals surface area contributed by atoms with Crippen molar-refractivity contribution in [1.29, 1.82) is 5.26 Å². The molecule has 0 bridgehead atoms. The fraction of sp³-hybridized carbons (Fsp3) is 0.0714. The molecule has 1 aromatic carbocycles. The lowest BCUT2D eigenvalue weighted by atomic mass is 10.2. The number of hydrazone groups is 1. The molecule has 2 rings (SSSR count). The molecule has 1 aromatic heterocycles. The molecule has 2 aromatic rings. The Kier molecular flexibility index (Phi) is 5.38. The number of nitrogens with one attached hydrogen (secondary N) is 1. The van der Waals surface area contributed by atoms with E-state index in [4.69, 9.17) is 33.2 Å². The van der Waals surface area contributed by atoms with E-state index in [9.17, 15) is 0 Å². The zero-order chi connectivity index (χ0) is 15.1. The van der Waals surface area contributed by atoms with Crippen LogP contribution in [0.15, 0.2) is 41.6 Å². The smallest absolute Gasteiger partial charge is 0.174 e. The van der Waals surface area contributed by atoms with Crippen LogP contribution in [0.5, 0.6) is 5.75 Å². The van der Waals surface area contributed by atoms with E-state index in [0.29, 0.717) is 21.6 Å². The standard InChI is InChI=1S/C14H10Cl2N4O/c15-11-7-13(16)14(18-9-11)20-19-8-10-1-3-12(4-2-10)21-6-5-17/h1-4,7-9H,6H2,(H,18,20)/b19-8-. The van der Waals surface area contributed by atoms with Gasteiger partial charge in [-0.05, 0) is 35.9 Å². The van der Waals surface area contributed by atoms with E-state index in [1.54, 1.807) is 24.4 Å². The van der Waals surface area contributed by atoms with Crippen molar-refractivity contribution in [1.82, 2.24) is 4.98 Å². The van der Waals surface area contributed by atoms with Gasteiger partial charge in [-0.1, -0.05) is 23.2 Å². The third-order valence-electron chi connectivity index (χ3n) is 2.38. The summed E-state index contributed by atoms with van der Waals surface area (Å²) in [6.45, 7) is 0.0235. The molecule has 0 radical (unpaired) electrons. The van der Waals surface area contributed by atoms with E-state index in [0.717, 1.165) is 5.56 Å². The number of hydrogen-bond acceptors (Lipinski definition) is 5. The van der Waals surface area contributed by atoms with Gasteiger partial charge in [0.25, 0.3) is 0 Å². The van der Waals surface area contributed by atoms with Crippen LogP contribution in [0, 0.1) is 11.3 Å². The van der Waals surface area contributed by atoms with Crippen LogP contribution >= 0.6 is 23.2 Å². The van der Waals surface area contributed by atoms with Gasteiger partial charge in [-0.15, -0.1) is 0 Å². The van der Waals surface area contributed by atoms with Gasteiger partial charge in [0.05, 0.1) is 16.3 Å². The van der Waals surface area contributed by atoms with Crippen molar-refractivity contribution in [3.63, 3.8) is 0 Å². The molecule has 7 heteroatoms. The Morgan fingerprint density at radius 2 is 2.10 bits per heavy atom. The summed E-state index contributed by atoms with van der Waals surface area (Å²) in [4.78, 5) is 4.02. The molecule has 0 aliphatic heterocycles. The summed E-state index contributed by atoms with van der Waals surface area (Å²) < 4.78 is 5.15. The second-order valence-corrected chi connectivity index (χ2v) is 4.71. The van der Waals surface area contributed by atoms with E-state index in [1.807, 2.05) is 18.2 Å². The number of pyridine rings is 1. The number of hydrogen-bond donors (Lipinski definition) is 1. The number of nitrogens with zero attached hydrogens (tertiary/aromatic N) is 3. The van der Waals surface area contributed by atoms with Crippen LogP contribution in [-0.2, 0) is 0 Å². The SMILES string of the molecule is N#CCOc1ccc(/C=N\Nc2ncc(Cl)cc2Cl)cc1. The number of halogens is 2. The first-order valence-electron chi connectivity index (χ1n) is 5.89. The van der Waals surface area contributed by atoms with Gasteiger partial charge in [-0.2, -0.15) is 10.4 Å². The van der Waals surface area contributed by atoms with E-state index in [1.165, 1.54) is 6.20 Å². The topological polar surface area (TPSA) is 70.3 Å². The molecule has 5 nitrogen and oxygen atoms in total. The van der Waals surface area contributed by atoms with Crippen molar-refractivity contribution in [3.8, 4) is 11.8 Å². The lowest BCUT2D eigenvalue weighted by Gasteiger charge is -2.03. The van der Waals surface area contributed by atoms with Gasteiger partial charge in [0.1, 0.15) is 11.8 Å². The normalized spacial score (nSPS) is 10.3. The monoisotopic (exact) mass is 320 g/mol. The van der Waals surface area contributed by atoms with Crippen LogP contribution in [0.25, 0.3) is 0 Å². The first-order valence-corrected chi connectivity index (χ1v) is 6.64. The Morgan fingerprint density at radius 3 is 2.76 bits per heavy atom. The molecule has 0 aliphatic carbocycles. The zero-order valence-corrected chi connectivity index (χ0v) is 12.3. The van der Waals surface area contributed by atoms with Gasteiger partial charge < -0.3 is 4.74 Å². The fourth-order valence-electron chi connectivity index (χ4n) is 1.43. The molecule has 0 unspecified atom stereocenters. The highest BCUT2D eigenvalue weighted by molar-refractivity contribution is 6.35. The van der Waals surface area contributed by atoms with E-state index in [-0.39, 0.29) is 6.61 Å². The maximum atomic E-state index is 8.42. The molecule has 0 spiro atoms. The van der Waals surface area contributed by atoms with Crippen LogP contribution in [-0.4, -0.2) is 17.8 Å². The first-order chi connectivity index (χ1) is 10.2. The fourth-order valence-corrected chi connectivity index (χ4v) is 1.85. The first kappa shape index (κ1) is 15.1. The summed E-state index contributed by atoms with van der Waals surface area (Å²) in [6, 6.07) is 10.6. The lowest BCUT2D eigenvalue weighted by molar-refractivity contribution is 0.368. The summed E-state index contributed by atoms with van der Waals surface area (Å²) in [5, 5.41) is 13.3. The quantitative estimate of drug-likeness (QED) is 0.673. The average Bonchev–Trinajstić information content (AvgIpc) is 2.48. The Bertz CT molecular complexity index is 680. The van der Waals surface area contributed by atoms with Gasteiger partial charge >= 0.3 is 0 Å². The number of anilines is 1. The molecule has 1 heterocycles. The number of rotatable bonds is 5. The van der Waals surface area contributed by atoms with E-state index >= 15 is 0 Å². The molecule has 0 aliphatic rings. The van der Waals surface area contributed by atoms with Gasteiger partial charge in [0.15, 0.2) is 12.4 Å². The summed E-state index contributed by atoms with van der Waals surface area (Å²) in [5.74, 6) is 1.05. The minimum Gasteiger partial charge on any atom is -0.479 e. The van der Waals surface area contributed by atoms with Crippen molar-refractivity contribution in [2.24, 2.45) is 5.10 Å². The molecule has 0 fully saturated rings. The van der Waals surface area contributed by atoms with Crippen LogP contribution in [0.2, 0.25) is 10.0 Å². The third kappa shape index (κ3) is 4.63. The molecule has 1 N–H and O–H groups in total. The van der Waals surface area contributed by atoms with Crippen molar-refractivity contribution in [3.05, 3.63) is 52.1 Å². The molecule has 21 heavy (non-hydrogen) atoms. The Morgan fingerprint density at radius 1 is 1.33 bits per heavy atom. The summed E-state index contributed by atoms with van der Waals surface area (Å²) in [5.41, 5.74) is 3.59. The Labute approximate surface area is 131 Å². The second kappa shape index (κ2) is 7.48.